The molecule has 1 heterocycles. The van der Waals surface area contributed by atoms with Gasteiger partial charge in [0.1, 0.15) is 5.75 Å². The quantitative estimate of drug-likeness (QED) is 0.821. The fourth-order valence-electron chi connectivity index (χ4n) is 3.29. The molecule has 138 valence electrons. The average Bonchev–Trinajstić information content (AvgIpc) is 3.21. The molecule has 0 aliphatic carbocycles. The second-order valence-corrected chi connectivity index (χ2v) is 6.80. The van der Waals surface area contributed by atoms with Gasteiger partial charge in [-0.05, 0) is 55.5 Å². The minimum absolute atomic E-state index is 0.0977. The Morgan fingerprint density at radius 1 is 1.12 bits per heavy atom. The Bertz CT molecular complexity index is 721. The standard InChI is InChI=1S/C22H28N2O2/c1-3-19-8-4-5-9-21(19)26-17(2)22(25)23-16-18-10-12-20(13-11-18)24-14-6-7-15-24/h4-5,8-13,17H,3,6-7,14-16H2,1-2H3,(H,23,25)/t17-/m1/s1. The molecule has 1 atom stereocenters. The highest BCUT2D eigenvalue weighted by molar-refractivity contribution is 5.80. The molecule has 0 spiro atoms. The van der Waals surface area contributed by atoms with E-state index in [1.165, 1.54) is 18.5 Å². The van der Waals surface area contributed by atoms with Gasteiger partial charge in [0.05, 0.1) is 0 Å². The van der Waals surface area contributed by atoms with Crippen molar-refractivity contribution < 1.29 is 9.53 Å². The lowest BCUT2D eigenvalue weighted by Gasteiger charge is -2.18. The summed E-state index contributed by atoms with van der Waals surface area (Å²) in [6.45, 7) is 6.67. The number of rotatable bonds is 7. The van der Waals surface area contributed by atoms with Crippen molar-refractivity contribution in [3.05, 3.63) is 59.7 Å². The number of hydrogen-bond donors (Lipinski definition) is 1. The molecule has 1 saturated heterocycles. The monoisotopic (exact) mass is 352 g/mol. The summed E-state index contributed by atoms with van der Waals surface area (Å²) < 4.78 is 5.85. The molecule has 0 unspecified atom stereocenters. The Balaban J connectivity index is 1.51. The van der Waals surface area contributed by atoms with E-state index in [9.17, 15) is 4.79 Å². The number of carbonyl (C=O) groups is 1. The number of benzene rings is 2. The predicted molar refractivity (Wildman–Crippen MR) is 106 cm³/mol. The Labute approximate surface area is 156 Å². The van der Waals surface area contributed by atoms with Crippen LogP contribution in [0.5, 0.6) is 5.75 Å². The minimum atomic E-state index is -0.522. The minimum Gasteiger partial charge on any atom is -0.481 e. The zero-order valence-corrected chi connectivity index (χ0v) is 15.7. The normalized spacial score (nSPS) is 14.9. The summed E-state index contributed by atoms with van der Waals surface area (Å²) in [5.41, 5.74) is 3.48. The Morgan fingerprint density at radius 2 is 1.81 bits per heavy atom. The van der Waals surface area contributed by atoms with Crippen LogP contribution in [0.1, 0.15) is 37.8 Å². The molecule has 1 aliphatic heterocycles. The molecule has 2 aromatic carbocycles. The summed E-state index contributed by atoms with van der Waals surface area (Å²) >= 11 is 0. The maximum atomic E-state index is 12.4. The maximum absolute atomic E-state index is 12.4. The van der Waals surface area contributed by atoms with E-state index in [1.54, 1.807) is 6.92 Å². The second kappa shape index (κ2) is 8.75. The summed E-state index contributed by atoms with van der Waals surface area (Å²) in [5, 5.41) is 2.97. The van der Waals surface area contributed by atoms with Gasteiger partial charge in [0.2, 0.25) is 0 Å². The first-order valence-electron chi connectivity index (χ1n) is 9.53. The molecule has 4 heteroatoms. The molecule has 4 nitrogen and oxygen atoms in total. The van der Waals surface area contributed by atoms with Gasteiger partial charge >= 0.3 is 0 Å². The highest BCUT2D eigenvalue weighted by Gasteiger charge is 2.16. The first kappa shape index (κ1) is 18.3. The Kier molecular flexibility index (Phi) is 6.16. The molecule has 2 aromatic rings. The molecule has 1 fully saturated rings. The van der Waals surface area contributed by atoms with Gasteiger partial charge in [-0.3, -0.25) is 4.79 Å². The number of hydrogen-bond acceptors (Lipinski definition) is 3. The van der Waals surface area contributed by atoms with Crippen molar-refractivity contribution >= 4 is 11.6 Å². The van der Waals surface area contributed by atoms with Crippen molar-refractivity contribution in [1.29, 1.82) is 0 Å². The molecule has 3 rings (SSSR count). The van der Waals surface area contributed by atoms with Gasteiger partial charge in [-0.15, -0.1) is 0 Å². The van der Waals surface area contributed by atoms with Crippen LogP contribution in [0.15, 0.2) is 48.5 Å². The molecule has 0 bridgehead atoms. The predicted octanol–water partition coefficient (Wildman–Crippen LogP) is 3.93. The van der Waals surface area contributed by atoms with E-state index in [0.717, 1.165) is 36.4 Å². The van der Waals surface area contributed by atoms with Crippen LogP contribution >= 0.6 is 0 Å². The van der Waals surface area contributed by atoms with Crippen molar-refractivity contribution in [2.75, 3.05) is 18.0 Å². The van der Waals surface area contributed by atoms with Gasteiger partial charge in [0.15, 0.2) is 6.10 Å². The maximum Gasteiger partial charge on any atom is 0.261 e. The summed E-state index contributed by atoms with van der Waals surface area (Å²) in [5.74, 6) is 0.687. The topological polar surface area (TPSA) is 41.6 Å². The summed E-state index contributed by atoms with van der Waals surface area (Å²) in [6, 6.07) is 16.3. The van der Waals surface area contributed by atoms with Crippen LogP contribution in [-0.4, -0.2) is 25.1 Å². The van der Waals surface area contributed by atoms with Crippen LogP contribution in [0.4, 0.5) is 5.69 Å². The SMILES string of the molecule is CCc1ccccc1O[C@H](C)C(=O)NCc1ccc(N2CCCC2)cc1. The lowest BCUT2D eigenvalue weighted by atomic mass is 10.1. The van der Waals surface area contributed by atoms with Crippen molar-refractivity contribution in [2.45, 2.75) is 45.8 Å². The van der Waals surface area contributed by atoms with Gasteiger partial charge in [-0.1, -0.05) is 37.3 Å². The Hall–Kier alpha value is -2.49. The number of anilines is 1. The van der Waals surface area contributed by atoms with Gasteiger partial charge in [0.25, 0.3) is 5.91 Å². The zero-order valence-electron chi connectivity index (χ0n) is 15.7. The van der Waals surface area contributed by atoms with Crippen LogP contribution in [0.3, 0.4) is 0 Å². The van der Waals surface area contributed by atoms with Crippen LogP contribution in [0.2, 0.25) is 0 Å². The summed E-state index contributed by atoms with van der Waals surface area (Å²) in [4.78, 5) is 14.8. The number of aryl methyl sites for hydroxylation is 1. The van der Waals surface area contributed by atoms with E-state index in [1.807, 2.05) is 24.3 Å². The molecular formula is C22H28N2O2. The van der Waals surface area contributed by atoms with Crippen molar-refractivity contribution in [3.63, 3.8) is 0 Å². The highest BCUT2D eigenvalue weighted by atomic mass is 16.5. The number of amides is 1. The molecule has 1 aliphatic rings. The van der Waals surface area contributed by atoms with E-state index in [-0.39, 0.29) is 5.91 Å². The molecule has 1 amide bonds. The van der Waals surface area contributed by atoms with E-state index in [0.29, 0.717) is 6.54 Å². The van der Waals surface area contributed by atoms with Crippen molar-refractivity contribution in [3.8, 4) is 5.75 Å². The first-order chi connectivity index (χ1) is 12.7. The van der Waals surface area contributed by atoms with E-state index in [4.69, 9.17) is 4.74 Å². The van der Waals surface area contributed by atoms with Gasteiger partial charge in [0, 0.05) is 25.3 Å². The van der Waals surface area contributed by atoms with Crippen LogP contribution in [0, 0.1) is 0 Å². The molecular weight excluding hydrogens is 324 g/mol. The lowest BCUT2D eigenvalue weighted by molar-refractivity contribution is -0.127. The third kappa shape index (κ3) is 4.57. The summed E-state index contributed by atoms with van der Waals surface area (Å²) in [7, 11) is 0. The summed E-state index contributed by atoms with van der Waals surface area (Å²) in [6.07, 6.45) is 2.91. The Morgan fingerprint density at radius 3 is 2.50 bits per heavy atom. The highest BCUT2D eigenvalue weighted by Crippen LogP contribution is 2.21. The van der Waals surface area contributed by atoms with Crippen LogP contribution in [-0.2, 0) is 17.8 Å². The van der Waals surface area contributed by atoms with Crippen molar-refractivity contribution in [2.24, 2.45) is 0 Å². The van der Waals surface area contributed by atoms with Gasteiger partial charge in [-0.2, -0.15) is 0 Å². The molecule has 0 aromatic heterocycles. The van der Waals surface area contributed by atoms with E-state index < -0.39 is 6.10 Å². The average molecular weight is 352 g/mol. The van der Waals surface area contributed by atoms with Gasteiger partial charge < -0.3 is 15.0 Å². The fourth-order valence-corrected chi connectivity index (χ4v) is 3.29. The number of nitrogens with zero attached hydrogens (tertiary/aromatic N) is 1. The van der Waals surface area contributed by atoms with E-state index in [2.05, 4.69) is 41.4 Å². The van der Waals surface area contributed by atoms with Crippen LogP contribution < -0.4 is 15.0 Å². The number of nitrogens with one attached hydrogen (secondary N) is 1. The zero-order chi connectivity index (χ0) is 18.4. The third-order valence-electron chi connectivity index (χ3n) is 4.90. The molecule has 0 saturated carbocycles. The molecule has 26 heavy (non-hydrogen) atoms. The largest absolute Gasteiger partial charge is 0.481 e. The third-order valence-corrected chi connectivity index (χ3v) is 4.90. The molecule has 0 radical (unpaired) electrons. The smallest absolute Gasteiger partial charge is 0.261 e. The lowest BCUT2D eigenvalue weighted by Crippen LogP contribution is -2.36. The second-order valence-electron chi connectivity index (χ2n) is 6.80. The van der Waals surface area contributed by atoms with Crippen molar-refractivity contribution in [1.82, 2.24) is 5.32 Å². The van der Waals surface area contributed by atoms with Gasteiger partial charge in [-0.25, -0.2) is 0 Å². The molecule has 1 N–H and O–H groups in total. The van der Waals surface area contributed by atoms with Crippen LogP contribution in [0.25, 0.3) is 0 Å². The number of carbonyl (C=O) groups excluding carboxylic acids is 1. The first-order valence-corrected chi connectivity index (χ1v) is 9.53. The van der Waals surface area contributed by atoms with E-state index >= 15 is 0 Å². The number of ether oxygens (including phenoxy) is 1. The number of para-hydroxylation sites is 1. The fraction of sp³-hybridized carbons (Fsp3) is 0.409.